The van der Waals surface area contributed by atoms with Crippen molar-refractivity contribution in [3.05, 3.63) is 194 Å². The van der Waals surface area contributed by atoms with Gasteiger partial charge in [0.2, 0.25) is 0 Å². The van der Waals surface area contributed by atoms with Gasteiger partial charge in [-0.3, -0.25) is 0 Å². The monoisotopic (exact) mass is 716 g/mol. The van der Waals surface area contributed by atoms with Gasteiger partial charge in [0.05, 0.1) is 27.8 Å². The maximum absolute atomic E-state index is 2.45. The maximum atomic E-state index is 2.45. The zero-order chi connectivity index (χ0) is 36.0. The van der Waals surface area contributed by atoms with Crippen LogP contribution in [0.3, 0.4) is 0 Å². The summed E-state index contributed by atoms with van der Waals surface area (Å²) in [5, 5.41) is 10.2. The number of para-hydroxylation sites is 2. The molecule has 0 aliphatic carbocycles. The van der Waals surface area contributed by atoms with Crippen LogP contribution < -0.4 is 0 Å². The molecule has 3 aromatic heterocycles. The molecule has 0 spiro atoms. The second kappa shape index (κ2) is 11.8. The van der Waals surface area contributed by atoms with Crippen LogP contribution in [-0.2, 0) is 0 Å². The van der Waals surface area contributed by atoms with Gasteiger partial charge < -0.3 is 9.13 Å². The summed E-state index contributed by atoms with van der Waals surface area (Å²) in [6.45, 7) is 0. The molecule has 0 unspecified atom stereocenters. The first-order chi connectivity index (χ1) is 27.3. The Hall–Kier alpha value is -6.94. The van der Waals surface area contributed by atoms with E-state index >= 15 is 0 Å². The van der Waals surface area contributed by atoms with Crippen molar-refractivity contribution in [3.8, 4) is 33.6 Å². The number of fused-ring (bicyclic) bond motifs is 10. The van der Waals surface area contributed by atoms with E-state index < -0.39 is 0 Å². The van der Waals surface area contributed by atoms with Crippen LogP contribution >= 0.6 is 11.3 Å². The van der Waals surface area contributed by atoms with Gasteiger partial charge in [-0.1, -0.05) is 133 Å². The van der Waals surface area contributed by atoms with Crippen LogP contribution in [0.1, 0.15) is 0 Å². The van der Waals surface area contributed by atoms with E-state index in [0.29, 0.717) is 0 Å². The van der Waals surface area contributed by atoms with Gasteiger partial charge in [-0.25, -0.2) is 0 Å². The van der Waals surface area contributed by atoms with Crippen molar-refractivity contribution < 1.29 is 0 Å². The quantitative estimate of drug-likeness (QED) is 0.172. The summed E-state index contributed by atoms with van der Waals surface area (Å²) < 4.78 is 7.53. The lowest BCUT2D eigenvalue weighted by molar-refractivity contribution is 1.18. The van der Waals surface area contributed by atoms with Gasteiger partial charge in [-0.15, -0.1) is 11.3 Å². The molecule has 0 radical (unpaired) electrons. The maximum Gasteiger partial charge on any atom is 0.0547 e. The SMILES string of the molecule is c1ccc2c(-n3c4ccccc4c4ccc(-c5ccc6c(c5)c5ccccc5n6-c5ccc(-c6cccc7sc8ccccc8c67)cc5)cc43)cccc2c1. The van der Waals surface area contributed by atoms with Gasteiger partial charge >= 0.3 is 0 Å². The van der Waals surface area contributed by atoms with Crippen molar-refractivity contribution in [2.75, 3.05) is 0 Å². The van der Waals surface area contributed by atoms with Crippen molar-refractivity contribution >= 4 is 85.9 Å². The van der Waals surface area contributed by atoms with Crippen LogP contribution in [0, 0.1) is 0 Å². The van der Waals surface area contributed by atoms with Crippen LogP contribution in [0.2, 0.25) is 0 Å². The molecule has 9 aromatic carbocycles. The Morgan fingerprint density at radius 1 is 0.327 bits per heavy atom. The molecule has 0 aliphatic rings. The molecule has 256 valence electrons. The number of hydrogen-bond donors (Lipinski definition) is 0. The fourth-order valence-corrected chi connectivity index (χ4v) is 10.2. The van der Waals surface area contributed by atoms with E-state index in [9.17, 15) is 0 Å². The average molecular weight is 717 g/mol. The number of thiophene rings is 1. The highest BCUT2D eigenvalue weighted by Crippen LogP contribution is 2.42. The van der Waals surface area contributed by atoms with Gasteiger partial charge in [0.25, 0.3) is 0 Å². The lowest BCUT2D eigenvalue weighted by Gasteiger charge is -2.12. The summed E-state index contributed by atoms with van der Waals surface area (Å²) >= 11 is 1.87. The molecule has 0 saturated carbocycles. The molecule has 12 aromatic rings. The predicted octanol–water partition coefficient (Wildman–Crippen LogP) is 14.7. The first-order valence-electron chi connectivity index (χ1n) is 18.8. The van der Waals surface area contributed by atoms with Crippen molar-refractivity contribution in [2.45, 2.75) is 0 Å². The minimum absolute atomic E-state index is 1.16. The fraction of sp³-hybridized carbons (Fsp3) is 0. The third-order valence-electron chi connectivity index (χ3n) is 11.5. The molecule has 2 nitrogen and oxygen atoms in total. The van der Waals surface area contributed by atoms with Gasteiger partial charge in [0.1, 0.15) is 0 Å². The molecule has 0 saturated heterocycles. The lowest BCUT2D eigenvalue weighted by atomic mass is 9.99. The molecule has 12 rings (SSSR count). The number of nitrogens with zero attached hydrogens (tertiary/aromatic N) is 2. The number of hydrogen-bond acceptors (Lipinski definition) is 1. The van der Waals surface area contributed by atoms with Gasteiger partial charge in [0.15, 0.2) is 0 Å². The van der Waals surface area contributed by atoms with E-state index in [0.717, 1.165) is 5.69 Å². The number of aromatic nitrogens is 2. The molecular weight excluding hydrogens is 685 g/mol. The van der Waals surface area contributed by atoms with Crippen molar-refractivity contribution in [1.29, 1.82) is 0 Å². The summed E-state index contributed by atoms with van der Waals surface area (Å²) in [5.41, 5.74) is 12.1. The normalized spacial score (nSPS) is 12.0. The van der Waals surface area contributed by atoms with Crippen LogP contribution in [0.25, 0.3) is 108 Å². The van der Waals surface area contributed by atoms with Crippen LogP contribution in [0.15, 0.2) is 194 Å². The van der Waals surface area contributed by atoms with Gasteiger partial charge in [-0.2, -0.15) is 0 Å². The number of rotatable bonds is 4. The zero-order valence-electron chi connectivity index (χ0n) is 29.8. The third-order valence-corrected chi connectivity index (χ3v) is 12.7. The smallest absolute Gasteiger partial charge is 0.0547 e. The standard InChI is InChI=1S/C52H32N2S/c1-2-13-38-33(11-1)12-9-20-45(38)54-47-19-7-3-14-40(47)42-29-25-36(32-49(42)54)35-26-30-48-44(31-35)41-15-4-6-18-46(41)53(48)37-27-23-34(24-28-37)39-17-10-22-51-52(39)43-16-5-8-21-50(43)55-51/h1-32H. The van der Waals surface area contributed by atoms with Crippen molar-refractivity contribution in [2.24, 2.45) is 0 Å². The molecule has 0 bridgehead atoms. The molecule has 0 N–H and O–H groups in total. The molecule has 55 heavy (non-hydrogen) atoms. The van der Waals surface area contributed by atoms with E-state index in [1.165, 1.54) is 102 Å². The van der Waals surface area contributed by atoms with E-state index in [1.54, 1.807) is 0 Å². The molecular formula is C52H32N2S. The third kappa shape index (κ3) is 4.54. The molecule has 3 heterocycles. The fourth-order valence-electron chi connectivity index (χ4n) is 9.05. The summed E-state index contributed by atoms with van der Waals surface area (Å²) in [6, 6.07) is 71.4. The first-order valence-corrected chi connectivity index (χ1v) is 19.7. The molecule has 0 atom stereocenters. The van der Waals surface area contributed by atoms with Gasteiger partial charge in [-0.05, 0) is 88.3 Å². The molecule has 0 fully saturated rings. The summed E-state index contributed by atoms with van der Waals surface area (Å²) in [7, 11) is 0. The second-order valence-electron chi connectivity index (χ2n) is 14.5. The lowest BCUT2D eigenvalue weighted by Crippen LogP contribution is -1.95. The minimum Gasteiger partial charge on any atom is -0.309 e. The highest BCUT2D eigenvalue weighted by Gasteiger charge is 2.18. The molecule has 3 heteroatoms. The Kier molecular flexibility index (Phi) is 6.54. The summed E-state index contributed by atoms with van der Waals surface area (Å²) in [4.78, 5) is 0. The van der Waals surface area contributed by atoms with Crippen LogP contribution in [0.4, 0.5) is 0 Å². The molecule has 0 amide bonds. The largest absolute Gasteiger partial charge is 0.309 e. The van der Waals surface area contributed by atoms with Crippen LogP contribution in [0.5, 0.6) is 0 Å². The Morgan fingerprint density at radius 2 is 0.909 bits per heavy atom. The van der Waals surface area contributed by atoms with E-state index in [1.807, 2.05) is 11.3 Å². The Morgan fingerprint density at radius 3 is 1.76 bits per heavy atom. The van der Waals surface area contributed by atoms with Gasteiger partial charge in [0, 0.05) is 52.8 Å². The van der Waals surface area contributed by atoms with Crippen molar-refractivity contribution in [1.82, 2.24) is 9.13 Å². The molecule has 0 aliphatic heterocycles. The van der Waals surface area contributed by atoms with E-state index in [2.05, 4.69) is 203 Å². The Labute approximate surface area is 321 Å². The highest BCUT2D eigenvalue weighted by atomic mass is 32.1. The second-order valence-corrected chi connectivity index (χ2v) is 15.6. The first kappa shape index (κ1) is 30.5. The van der Waals surface area contributed by atoms with E-state index in [4.69, 9.17) is 0 Å². The topological polar surface area (TPSA) is 9.86 Å². The highest BCUT2D eigenvalue weighted by molar-refractivity contribution is 7.25. The van der Waals surface area contributed by atoms with Crippen molar-refractivity contribution in [3.63, 3.8) is 0 Å². The summed E-state index contributed by atoms with van der Waals surface area (Å²) in [6.07, 6.45) is 0. The average Bonchev–Trinajstić information content (AvgIpc) is 3.91. The zero-order valence-corrected chi connectivity index (χ0v) is 30.6. The van der Waals surface area contributed by atoms with E-state index in [-0.39, 0.29) is 0 Å². The Bertz CT molecular complexity index is 3480. The minimum atomic E-state index is 1.16. The number of benzene rings is 9. The summed E-state index contributed by atoms with van der Waals surface area (Å²) in [5.74, 6) is 0. The van der Waals surface area contributed by atoms with Crippen LogP contribution in [-0.4, -0.2) is 9.13 Å². The Balaban J connectivity index is 1.01. The predicted molar refractivity (Wildman–Crippen MR) is 236 cm³/mol.